The second kappa shape index (κ2) is 8.10. The first-order valence-corrected chi connectivity index (χ1v) is 9.46. The Labute approximate surface area is 138 Å². The second-order valence-corrected chi connectivity index (χ2v) is 7.51. The number of rotatable bonds is 7. The topological polar surface area (TPSA) is 67.9 Å². The molecule has 0 saturated carbocycles. The van der Waals surface area contributed by atoms with Crippen LogP contribution in [0.5, 0.6) is 5.75 Å². The van der Waals surface area contributed by atoms with E-state index in [9.17, 15) is 8.42 Å². The highest BCUT2D eigenvalue weighted by Crippen LogP contribution is 2.23. The minimum absolute atomic E-state index is 0.0733. The fraction of sp³-hybridized carbons (Fsp3) is 0.625. The third-order valence-corrected chi connectivity index (χ3v) is 6.11. The first-order valence-electron chi connectivity index (χ1n) is 8.02. The monoisotopic (exact) mass is 342 g/mol. The number of ether oxygens (including phenoxy) is 2. The first-order chi connectivity index (χ1) is 11.0. The van der Waals surface area contributed by atoms with Crippen molar-refractivity contribution in [3.8, 4) is 5.75 Å². The molecule has 130 valence electrons. The summed E-state index contributed by atoms with van der Waals surface area (Å²) >= 11 is 0. The number of hydrogen-bond donors (Lipinski definition) is 1. The summed E-state index contributed by atoms with van der Waals surface area (Å²) in [5.41, 5.74) is 0. The zero-order valence-corrected chi connectivity index (χ0v) is 14.8. The van der Waals surface area contributed by atoms with E-state index in [0.29, 0.717) is 43.6 Å². The fourth-order valence-corrected chi connectivity index (χ4v) is 4.27. The van der Waals surface area contributed by atoms with Gasteiger partial charge >= 0.3 is 0 Å². The molecule has 2 unspecified atom stereocenters. The van der Waals surface area contributed by atoms with E-state index in [1.165, 1.54) is 0 Å². The Morgan fingerprint density at radius 2 is 1.91 bits per heavy atom. The van der Waals surface area contributed by atoms with Crippen LogP contribution in [0.4, 0.5) is 0 Å². The molecule has 1 aromatic rings. The van der Waals surface area contributed by atoms with Gasteiger partial charge in [-0.1, -0.05) is 0 Å². The number of nitrogens with zero attached hydrogens (tertiary/aromatic N) is 1. The molecule has 0 aromatic heterocycles. The Morgan fingerprint density at radius 1 is 1.22 bits per heavy atom. The lowest BCUT2D eigenvalue weighted by atomic mass is 10.1. The lowest BCUT2D eigenvalue weighted by Gasteiger charge is -2.37. The van der Waals surface area contributed by atoms with Gasteiger partial charge in [0.05, 0.1) is 11.5 Å². The quantitative estimate of drug-likeness (QED) is 0.760. The van der Waals surface area contributed by atoms with Crippen LogP contribution in [0.2, 0.25) is 0 Å². The molecule has 1 aromatic carbocycles. The van der Waals surface area contributed by atoms with E-state index in [4.69, 9.17) is 9.47 Å². The molecule has 1 fully saturated rings. The Balaban J connectivity index is 2.05. The predicted octanol–water partition coefficient (Wildman–Crippen LogP) is 1.47. The zero-order valence-electron chi connectivity index (χ0n) is 14.0. The molecule has 1 aliphatic heterocycles. The molecule has 0 radical (unpaired) electrons. The third-order valence-electron chi connectivity index (χ3n) is 4.11. The molecule has 1 heterocycles. The molecule has 23 heavy (non-hydrogen) atoms. The number of hydrogen-bond acceptors (Lipinski definition) is 5. The lowest BCUT2D eigenvalue weighted by molar-refractivity contribution is 0.110. The molecule has 0 bridgehead atoms. The molecular weight excluding hydrogens is 316 g/mol. The Morgan fingerprint density at radius 3 is 2.57 bits per heavy atom. The summed E-state index contributed by atoms with van der Waals surface area (Å²) in [7, 11) is -3.48. The van der Waals surface area contributed by atoms with Gasteiger partial charge in [-0.2, -0.15) is 4.31 Å². The minimum atomic E-state index is -3.48. The maximum Gasteiger partial charge on any atom is 0.243 e. The van der Waals surface area contributed by atoms with Gasteiger partial charge in [-0.05, 0) is 45.0 Å². The van der Waals surface area contributed by atoms with Crippen LogP contribution in [0.1, 0.15) is 20.8 Å². The first kappa shape index (κ1) is 18.2. The van der Waals surface area contributed by atoms with E-state index in [1.807, 2.05) is 20.8 Å². The molecule has 0 aliphatic carbocycles. The highest BCUT2D eigenvalue weighted by Gasteiger charge is 2.34. The number of benzene rings is 1. The minimum Gasteiger partial charge on any atom is -0.491 e. The van der Waals surface area contributed by atoms with Gasteiger partial charge < -0.3 is 14.8 Å². The summed E-state index contributed by atoms with van der Waals surface area (Å²) in [5.74, 6) is 0.644. The van der Waals surface area contributed by atoms with Crippen molar-refractivity contribution in [3.05, 3.63) is 24.3 Å². The van der Waals surface area contributed by atoms with Gasteiger partial charge in [0, 0.05) is 31.8 Å². The summed E-state index contributed by atoms with van der Waals surface area (Å²) < 4.78 is 37.9. The molecule has 7 heteroatoms. The molecule has 6 nitrogen and oxygen atoms in total. The lowest BCUT2D eigenvalue weighted by Crippen LogP contribution is -2.57. The summed E-state index contributed by atoms with van der Waals surface area (Å²) in [6, 6.07) is 6.65. The van der Waals surface area contributed by atoms with Crippen molar-refractivity contribution in [3.63, 3.8) is 0 Å². The van der Waals surface area contributed by atoms with Crippen LogP contribution in [0, 0.1) is 0 Å². The van der Waals surface area contributed by atoms with Crippen LogP contribution in [0.15, 0.2) is 29.2 Å². The Kier molecular flexibility index (Phi) is 6.41. The number of nitrogens with one attached hydrogen (secondary N) is 1. The zero-order chi connectivity index (χ0) is 16.9. The number of piperazine rings is 1. The Bertz CT molecular complexity index is 589. The van der Waals surface area contributed by atoms with Gasteiger partial charge in [-0.25, -0.2) is 8.42 Å². The van der Waals surface area contributed by atoms with Gasteiger partial charge in [0.25, 0.3) is 0 Å². The largest absolute Gasteiger partial charge is 0.491 e. The van der Waals surface area contributed by atoms with Gasteiger partial charge in [0.1, 0.15) is 12.4 Å². The maximum atomic E-state index is 12.8. The predicted molar refractivity (Wildman–Crippen MR) is 89.2 cm³/mol. The summed E-state index contributed by atoms with van der Waals surface area (Å²) in [6.07, 6.45) is 0. The highest BCUT2D eigenvalue weighted by atomic mass is 32.2. The summed E-state index contributed by atoms with van der Waals surface area (Å²) in [6.45, 7) is 8.64. The van der Waals surface area contributed by atoms with Crippen molar-refractivity contribution in [2.75, 3.05) is 32.9 Å². The van der Waals surface area contributed by atoms with Crippen molar-refractivity contribution in [2.45, 2.75) is 37.8 Å². The van der Waals surface area contributed by atoms with Gasteiger partial charge in [-0.3, -0.25) is 0 Å². The van der Waals surface area contributed by atoms with Crippen molar-refractivity contribution < 1.29 is 17.9 Å². The van der Waals surface area contributed by atoms with Crippen LogP contribution in [0.3, 0.4) is 0 Å². The molecule has 2 atom stereocenters. The van der Waals surface area contributed by atoms with E-state index in [1.54, 1.807) is 28.6 Å². The van der Waals surface area contributed by atoms with Gasteiger partial charge in [0.2, 0.25) is 10.0 Å². The average molecular weight is 342 g/mol. The van der Waals surface area contributed by atoms with Crippen LogP contribution < -0.4 is 10.1 Å². The third kappa shape index (κ3) is 4.44. The van der Waals surface area contributed by atoms with E-state index >= 15 is 0 Å². The molecule has 1 aliphatic rings. The molecule has 1 saturated heterocycles. The molecule has 0 spiro atoms. The van der Waals surface area contributed by atoms with Crippen LogP contribution in [-0.2, 0) is 14.8 Å². The van der Waals surface area contributed by atoms with Crippen molar-refractivity contribution in [1.82, 2.24) is 9.62 Å². The SMILES string of the molecule is CCOCCOc1ccc(S(=O)(=O)N2CCNC(C)C2C)cc1. The van der Waals surface area contributed by atoms with E-state index in [0.717, 1.165) is 0 Å². The molecule has 1 N–H and O–H groups in total. The summed E-state index contributed by atoms with van der Waals surface area (Å²) in [4.78, 5) is 0.301. The van der Waals surface area contributed by atoms with Crippen molar-refractivity contribution in [2.24, 2.45) is 0 Å². The smallest absolute Gasteiger partial charge is 0.243 e. The maximum absolute atomic E-state index is 12.8. The van der Waals surface area contributed by atoms with Crippen LogP contribution in [0.25, 0.3) is 0 Å². The standard InChI is InChI=1S/C16H26N2O4S/c1-4-21-11-12-22-15-5-7-16(8-6-15)23(19,20)18-10-9-17-13(2)14(18)3/h5-8,13-14,17H,4,9-12H2,1-3H3. The van der Waals surface area contributed by atoms with Crippen LogP contribution in [-0.4, -0.2) is 57.7 Å². The molecule has 0 amide bonds. The summed E-state index contributed by atoms with van der Waals surface area (Å²) in [5, 5.41) is 3.29. The van der Waals surface area contributed by atoms with E-state index in [2.05, 4.69) is 5.32 Å². The average Bonchev–Trinajstić information content (AvgIpc) is 2.54. The van der Waals surface area contributed by atoms with Gasteiger partial charge in [0.15, 0.2) is 0 Å². The van der Waals surface area contributed by atoms with Crippen molar-refractivity contribution in [1.29, 1.82) is 0 Å². The fourth-order valence-electron chi connectivity index (χ4n) is 2.57. The number of sulfonamides is 1. The van der Waals surface area contributed by atoms with E-state index < -0.39 is 10.0 Å². The molecule has 2 rings (SSSR count). The van der Waals surface area contributed by atoms with E-state index in [-0.39, 0.29) is 12.1 Å². The van der Waals surface area contributed by atoms with Crippen molar-refractivity contribution >= 4 is 10.0 Å². The highest BCUT2D eigenvalue weighted by molar-refractivity contribution is 7.89. The molecular formula is C16H26N2O4S. The Hall–Kier alpha value is -1.15. The van der Waals surface area contributed by atoms with Gasteiger partial charge in [-0.15, -0.1) is 0 Å². The second-order valence-electron chi connectivity index (χ2n) is 5.62. The normalized spacial score (nSPS) is 22.9. The van der Waals surface area contributed by atoms with Crippen LogP contribution >= 0.6 is 0 Å².